The molecule has 4 heterocycles. The van der Waals surface area contributed by atoms with Gasteiger partial charge in [-0.05, 0) is 31.4 Å². The van der Waals surface area contributed by atoms with Gasteiger partial charge < -0.3 is 14.8 Å². The zero-order valence-electron chi connectivity index (χ0n) is 15.5. The Bertz CT molecular complexity index is 861. The van der Waals surface area contributed by atoms with E-state index in [0.29, 0.717) is 23.9 Å². The van der Waals surface area contributed by atoms with Gasteiger partial charge in [-0.1, -0.05) is 0 Å². The third-order valence-corrected chi connectivity index (χ3v) is 5.85. The molecule has 4 rings (SSSR count). The van der Waals surface area contributed by atoms with Gasteiger partial charge in [-0.2, -0.15) is 13.5 Å². The van der Waals surface area contributed by atoms with Crippen molar-refractivity contribution in [2.75, 3.05) is 19.7 Å². The molecule has 13 heteroatoms. The van der Waals surface area contributed by atoms with Crippen molar-refractivity contribution >= 4 is 22.3 Å². The highest BCUT2D eigenvalue weighted by Crippen LogP contribution is 2.30. The largest absolute Gasteiger partial charge is 0.418 e. The lowest BCUT2D eigenvalue weighted by atomic mass is 10.0. The van der Waals surface area contributed by atoms with Gasteiger partial charge in [-0.15, -0.1) is 4.28 Å². The van der Waals surface area contributed by atoms with Crippen LogP contribution in [-0.4, -0.2) is 77.3 Å². The van der Waals surface area contributed by atoms with E-state index in [0.717, 1.165) is 13.0 Å². The summed E-state index contributed by atoms with van der Waals surface area (Å²) < 4.78 is 37.1. The van der Waals surface area contributed by atoms with Gasteiger partial charge >= 0.3 is 16.4 Å². The third-order valence-electron chi connectivity index (χ3n) is 5.51. The monoisotopic (exact) mass is 429 g/mol. The molecule has 0 aliphatic carbocycles. The summed E-state index contributed by atoms with van der Waals surface area (Å²) in [6.45, 7) is 1.23. The second kappa shape index (κ2) is 7.91. The summed E-state index contributed by atoms with van der Waals surface area (Å²) in [5, 5.41) is 3.95. The van der Waals surface area contributed by atoms with Crippen molar-refractivity contribution < 1.29 is 31.7 Å². The molecule has 3 saturated heterocycles. The molecule has 3 fully saturated rings. The van der Waals surface area contributed by atoms with Crippen molar-refractivity contribution in [1.82, 2.24) is 25.3 Å². The molecule has 3 aliphatic heterocycles. The number of piperidine rings is 1. The minimum Gasteiger partial charge on any atom is -0.350 e. The smallest absolute Gasteiger partial charge is 0.350 e. The fourth-order valence-corrected chi connectivity index (χ4v) is 4.52. The van der Waals surface area contributed by atoms with E-state index in [1.807, 2.05) is 24.5 Å². The predicted molar refractivity (Wildman–Crippen MR) is 97.4 cm³/mol. The highest BCUT2D eigenvalue weighted by atomic mass is 32.3. The van der Waals surface area contributed by atoms with Crippen LogP contribution in [0.1, 0.15) is 25.3 Å². The highest BCUT2D eigenvalue weighted by Gasteiger charge is 2.49. The third kappa shape index (κ3) is 4.38. The fraction of sp³-hybridized carbons (Fsp3) is 0.625. The summed E-state index contributed by atoms with van der Waals surface area (Å²) >= 11 is 0. The van der Waals surface area contributed by atoms with Crippen molar-refractivity contribution in [3.8, 4) is 0 Å². The lowest BCUT2D eigenvalue weighted by molar-refractivity contribution is -0.139. The molecule has 3 aliphatic rings. The molecule has 0 saturated carbocycles. The Morgan fingerprint density at radius 2 is 2.03 bits per heavy atom. The molecule has 1 aromatic heterocycles. The fourth-order valence-electron chi connectivity index (χ4n) is 4.13. The van der Waals surface area contributed by atoms with Gasteiger partial charge in [0.1, 0.15) is 6.04 Å². The molecule has 2 bridgehead atoms. The summed E-state index contributed by atoms with van der Waals surface area (Å²) in [7, 11) is -4.82. The summed E-state index contributed by atoms with van der Waals surface area (Å²) in [5.74, 6) is -0.481. The molecule has 160 valence electrons. The maximum atomic E-state index is 12.5. The SMILES string of the molecule is O=C(NOC[C@@H]1C[C@H](n2cccc2)CN1)C1CCC2CN1C(=O)N2OS(=O)(=O)O. The molecule has 1 aromatic rings. The van der Waals surface area contributed by atoms with E-state index in [9.17, 15) is 18.0 Å². The van der Waals surface area contributed by atoms with E-state index in [1.165, 1.54) is 4.90 Å². The van der Waals surface area contributed by atoms with Crippen molar-refractivity contribution in [1.29, 1.82) is 0 Å². The molecule has 0 radical (unpaired) electrons. The summed E-state index contributed by atoms with van der Waals surface area (Å²) in [6.07, 6.45) is 5.57. The number of hydrogen-bond donors (Lipinski definition) is 3. The van der Waals surface area contributed by atoms with Gasteiger partial charge in [0.05, 0.1) is 12.6 Å². The quantitative estimate of drug-likeness (QED) is 0.387. The second-order valence-corrected chi connectivity index (χ2v) is 8.42. The van der Waals surface area contributed by atoms with Crippen molar-refractivity contribution in [2.45, 2.75) is 43.4 Å². The number of carbonyl (C=O) groups is 2. The van der Waals surface area contributed by atoms with Crippen LogP contribution in [0.5, 0.6) is 0 Å². The van der Waals surface area contributed by atoms with Crippen LogP contribution in [0, 0.1) is 0 Å². The maximum Gasteiger partial charge on any atom is 0.418 e. The Kier molecular flexibility index (Phi) is 5.48. The zero-order chi connectivity index (χ0) is 20.6. The topological polar surface area (TPSA) is 142 Å². The van der Waals surface area contributed by atoms with Crippen molar-refractivity contribution in [3.05, 3.63) is 24.5 Å². The standard InChI is InChI=1S/C16H23N5O7S/c22-15(18-27-10-11-7-13(8-17-11)19-5-1-2-6-19)14-4-3-12-9-20(14)16(23)21(12)28-29(24,25)26/h1-2,5-6,11-14,17H,3-4,7-10H2,(H,18,22)(H,24,25,26)/t11-,12?,13-,14?/m0/s1. The number of aromatic nitrogens is 1. The number of fused-ring (bicyclic) bond motifs is 2. The van der Waals surface area contributed by atoms with Gasteiger partial charge in [-0.25, -0.2) is 10.3 Å². The molecule has 4 atom stereocenters. The van der Waals surface area contributed by atoms with E-state index in [4.69, 9.17) is 9.39 Å². The normalized spacial score (nSPS) is 29.5. The number of hydrogen-bond acceptors (Lipinski definition) is 7. The number of urea groups is 1. The molecule has 12 nitrogen and oxygen atoms in total. The molecule has 0 spiro atoms. The van der Waals surface area contributed by atoms with Crippen LogP contribution in [-0.2, 0) is 24.3 Å². The minimum atomic E-state index is -4.82. The molecular weight excluding hydrogens is 406 g/mol. The molecule has 3 amide bonds. The summed E-state index contributed by atoms with van der Waals surface area (Å²) in [6, 6.07) is 2.25. The Morgan fingerprint density at radius 3 is 2.76 bits per heavy atom. The number of rotatable bonds is 7. The minimum absolute atomic E-state index is 0.0884. The maximum absolute atomic E-state index is 12.5. The van der Waals surface area contributed by atoms with Crippen LogP contribution in [0.4, 0.5) is 4.79 Å². The number of nitrogens with one attached hydrogen (secondary N) is 2. The van der Waals surface area contributed by atoms with Gasteiger partial charge in [0.25, 0.3) is 5.91 Å². The average Bonchev–Trinajstić information content (AvgIpc) is 3.39. The Hall–Kier alpha value is -2.19. The van der Waals surface area contributed by atoms with E-state index in [2.05, 4.69) is 19.6 Å². The van der Waals surface area contributed by atoms with E-state index in [1.54, 1.807) is 0 Å². The van der Waals surface area contributed by atoms with Crippen LogP contribution >= 0.6 is 0 Å². The van der Waals surface area contributed by atoms with Crippen molar-refractivity contribution in [2.24, 2.45) is 0 Å². The van der Waals surface area contributed by atoms with Gasteiger partial charge in [0, 0.05) is 37.6 Å². The molecule has 0 aromatic carbocycles. The van der Waals surface area contributed by atoms with Gasteiger partial charge in [0.15, 0.2) is 0 Å². The van der Waals surface area contributed by atoms with Crippen molar-refractivity contribution in [3.63, 3.8) is 0 Å². The van der Waals surface area contributed by atoms with E-state index < -0.39 is 34.4 Å². The summed E-state index contributed by atoms with van der Waals surface area (Å²) in [4.78, 5) is 31.4. The number of hydroxylamine groups is 3. The van der Waals surface area contributed by atoms with Crippen LogP contribution in [0.25, 0.3) is 0 Å². The first kappa shape index (κ1) is 20.1. The first-order valence-corrected chi connectivity index (χ1v) is 10.7. The Labute approximate surface area is 167 Å². The van der Waals surface area contributed by atoms with Gasteiger partial charge in [-0.3, -0.25) is 14.2 Å². The number of amides is 3. The van der Waals surface area contributed by atoms with Crippen LogP contribution in [0.15, 0.2) is 24.5 Å². The highest BCUT2D eigenvalue weighted by molar-refractivity contribution is 7.80. The Balaban J connectivity index is 1.25. The first-order chi connectivity index (χ1) is 13.8. The molecule has 2 unspecified atom stereocenters. The lowest BCUT2D eigenvalue weighted by Crippen LogP contribution is -2.50. The van der Waals surface area contributed by atoms with E-state index in [-0.39, 0.29) is 19.2 Å². The number of carbonyl (C=O) groups excluding carboxylic acids is 2. The molecule has 29 heavy (non-hydrogen) atoms. The molecule has 3 N–H and O–H groups in total. The lowest BCUT2D eigenvalue weighted by Gasteiger charge is -2.29. The number of nitrogens with zero attached hydrogens (tertiary/aromatic N) is 3. The van der Waals surface area contributed by atoms with Gasteiger partial charge in [0.2, 0.25) is 0 Å². The van der Waals surface area contributed by atoms with Crippen LogP contribution in [0.2, 0.25) is 0 Å². The average molecular weight is 429 g/mol. The van der Waals surface area contributed by atoms with Crippen LogP contribution in [0.3, 0.4) is 0 Å². The predicted octanol–water partition coefficient (Wildman–Crippen LogP) is -0.558. The Morgan fingerprint density at radius 1 is 1.28 bits per heavy atom. The second-order valence-electron chi connectivity index (χ2n) is 7.41. The zero-order valence-corrected chi connectivity index (χ0v) is 16.3. The first-order valence-electron chi connectivity index (χ1n) is 9.36. The van der Waals surface area contributed by atoms with E-state index >= 15 is 0 Å². The summed E-state index contributed by atoms with van der Waals surface area (Å²) in [5.41, 5.74) is 2.39. The molecular formula is C16H23N5O7S. The van der Waals surface area contributed by atoms with Crippen LogP contribution < -0.4 is 10.8 Å².